The van der Waals surface area contributed by atoms with E-state index >= 15 is 0 Å². The fourth-order valence-electron chi connectivity index (χ4n) is 4.80. The minimum Gasteiger partial charge on any atom is -0.375 e. The number of ether oxygens (including phenoxy) is 1. The van der Waals surface area contributed by atoms with Crippen molar-refractivity contribution < 1.29 is 19.1 Å². The first-order valence-corrected chi connectivity index (χ1v) is 10.4. The van der Waals surface area contributed by atoms with E-state index in [0.29, 0.717) is 32.0 Å². The Morgan fingerprint density at radius 3 is 2.79 bits per heavy atom. The molecule has 0 aromatic heterocycles. The van der Waals surface area contributed by atoms with Crippen LogP contribution in [0.1, 0.15) is 34.3 Å². The van der Waals surface area contributed by atoms with Crippen molar-refractivity contribution in [1.82, 2.24) is 20.4 Å². The van der Waals surface area contributed by atoms with Crippen LogP contribution in [0.3, 0.4) is 0 Å². The molecule has 4 aliphatic rings. The summed E-state index contributed by atoms with van der Waals surface area (Å²) in [6.45, 7) is 5.60. The van der Waals surface area contributed by atoms with E-state index in [2.05, 4.69) is 15.5 Å². The standard InChI is InChI=1S/C21H26N4O4/c26-18-5-4-16(20(27)23-18)25-11-14-3-1-2-13(19(14)21(25)28)10-24-6-7-29-17(12-24)15-8-22-9-15/h1-3,15-17,22H,4-12H2,(H,23,26,27). The van der Waals surface area contributed by atoms with Crippen LogP contribution >= 0.6 is 0 Å². The molecule has 1 aromatic carbocycles. The van der Waals surface area contributed by atoms with Crippen molar-refractivity contribution in [2.45, 2.75) is 38.1 Å². The van der Waals surface area contributed by atoms with Gasteiger partial charge in [-0.25, -0.2) is 0 Å². The first kappa shape index (κ1) is 18.7. The van der Waals surface area contributed by atoms with Crippen LogP contribution in [-0.4, -0.2) is 72.5 Å². The molecule has 4 heterocycles. The lowest BCUT2D eigenvalue weighted by molar-refractivity contribution is -0.136. The maximum Gasteiger partial charge on any atom is 0.255 e. The Balaban J connectivity index is 1.32. The van der Waals surface area contributed by atoms with Gasteiger partial charge in [-0.2, -0.15) is 0 Å². The molecule has 8 heteroatoms. The molecule has 4 aliphatic heterocycles. The number of hydrogen-bond acceptors (Lipinski definition) is 6. The Hall–Kier alpha value is -2.29. The predicted octanol–water partition coefficient (Wildman–Crippen LogP) is -0.132. The second-order valence-electron chi connectivity index (χ2n) is 8.41. The molecule has 0 saturated carbocycles. The van der Waals surface area contributed by atoms with Gasteiger partial charge in [-0.05, 0) is 17.5 Å². The van der Waals surface area contributed by atoms with Gasteiger partial charge in [0.25, 0.3) is 5.91 Å². The van der Waals surface area contributed by atoms with Crippen LogP contribution in [0.15, 0.2) is 18.2 Å². The van der Waals surface area contributed by atoms with Crippen molar-refractivity contribution in [3.05, 3.63) is 34.9 Å². The number of nitrogens with one attached hydrogen (secondary N) is 2. The fourth-order valence-corrected chi connectivity index (χ4v) is 4.80. The molecule has 5 rings (SSSR count). The van der Waals surface area contributed by atoms with E-state index in [9.17, 15) is 14.4 Å². The number of nitrogens with zero attached hydrogens (tertiary/aromatic N) is 2. The van der Waals surface area contributed by atoms with E-state index in [1.807, 2.05) is 18.2 Å². The topological polar surface area (TPSA) is 91.0 Å². The lowest BCUT2D eigenvalue weighted by Gasteiger charge is -2.41. The van der Waals surface area contributed by atoms with Gasteiger partial charge in [0.15, 0.2) is 0 Å². The Morgan fingerprint density at radius 2 is 2.03 bits per heavy atom. The third-order valence-corrected chi connectivity index (χ3v) is 6.55. The number of benzene rings is 1. The SMILES string of the molecule is O=C1CCC(N2Cc3cccc(CN4CCOC(C5CNC5)C4)c3C2=O)C(=O)N1. The molecule has 2 atom stereocenters. The molecule has 0 spiro atoms. The lowest BCUT2D eigenvalue weighted by atomic mass is 9.94. The quantitative estimate of drug-likeness (QED) is 0.687. The van der Waals surface area contributed by atoms with E-state index in [4.69, 9.17) is 4.74 Å². The molecular weight excluding hydrogens is 372 g/mol. The minimum absolute atomic E-state index is 0.0990. The summed E-state index contributed by atoms with van der Waals surface area (Å²) in [5.41, 5.74) is 2.70. The molecular formula is C21H26N4O4. The minimum atomic E-state index is -0.570. The van der Waals surface area contributed by atoms with Crippen molar-refractivity contribution in [1.29, 1.82) is 0 Å². The van der Waals surface area contributed by atoms with Crippen molar-refractivity contribution in [2.75, 3.05) is 32.8 Å². The Kier molecular flexibility index (Phi) is 4.85. The average Bonchev–Trinajstić information content (AvgIpc) is 2.98. The van der Waals surface area contributed by atoms with E-state index in [1.165, 1.54) is 0 Å². The number of amides is 3. The Bertz CT molecular complexity index is 853. The molecule has 3 saturated heterocycles. The van der Waals surface area contributed by atoms with Gasteiger partial charge < -0.3 is 15.0 Å². The van der Waals surface area contributed by atoms with Crippen LogP contribution in [0.25, 0.3) is 0 Å². The number of imide groups is 1. The van der Waals surface area contributed by atoms with Gasteiger partial charge in [-0.15, -0.1) is 0 Å². The zero-order valence-electron chi connectivity index (χ0n) is 16.4. The number of carbonyl (C=O) groups is 3. The van der Waals surface area contributed by atoms with Crippen molar-refractivity contribution >= 4 is 17.7 Å². The summed E-state index contributed by atoms with van der Waals surface area (Å²) >= 11 is 0. The van der Waals surface area contributed by atoms with Crippen LogP contribution in [-0.2, 0) is 27.4 Å². The number of carbonyl (C=O) groups excluding carboxylic acids is 3. The van der Waals surface area contributed by atoms with Crippen molar-refractivity contribution in [3.63, 3.8) is 0 Å². The van der Waals surface area contributed by atoms with E-state index in [1.54, 1.807) is 4.90 Å². The summed E-state index contributed by atoms with van der Waals surface area (Å²) in [6, 6.07) is 5.40. The van der Waals surface area contributed by atoms with Crippen LogP contribution in [0.4, 0.5) is 0 Å². The van der Waals surface area contributed by atoms with Crippen LogP contribution in [0.2, 0.25) is 0 Å². The second kappa shape index (κ2) is 7.51. The zero-order chi connectivity index (χ0) is 20.0. The summed E-state index contributed by atoms with van der Waals surface area (Å²) in [5, 5.41) is 5.66. The van der Waals surface area contributed by atoms with Gasteiger partial charge in [-0.3, -0.25) is 24.6 Å². The van der Waals surface area contributed by atoms with Gasteiger partial charge in [-0.1, -0.05) is 18.2 Å². The summed E-state index contributed by atoms with van der Waals surface area (Å²) in [5.74, 6) is -0.157. The second-order valence-corrected chi connectivity index (χ2v) is 8.41. The number of rotatable bonds is 4. The van der Waals surface area contributed by atoms with Crippen molar-refractivity contribution in [3.8, 4) is 0 Å². The van der Waals surface area contributed by atoms with E-state index in [-0.39, 0.29) is 30.2 Å². The zero-order valence-corrected chi connectivity index (χ0v) is 16.4. The molecule has 2 unspecified atom stereocenters. The highest BCUT2D eigenvalue weighted by molar-refractivity contribution is 6.05. The molecule has 8 nitrogen and oxygen atoms in total. The van der Waals surface area contributed by atoms with E-state index in [0.717, 1.165) is 42.9 Å². The highest BCUT2D eigenvalue weighted by Crippen LogP contribution is 2.31. The maximum atomic E-state index is 13.2. The largest absolute Gasteiger partial charge is 0.375 e. The molecule has 0 radical (unpaired) electrons. The van der Waals surface area contributed by atoms with Crippen LogP contribution in [0.5, 0.6) is 0 Å². The Labute approximate surface area is 169 Å². The summed E-state index contributed by atoms with van der Waals surface area (Å²) in [7, 11) is 0. The van der Waals surface area contributed by atoms with Crippen molar-refractivity contribution in [2.24, 2.45) is 5.92 Å². The highest BCUT2D eigenvalue weighted by atomic mass is 16.5. The first-order chi connectivity index (χ1) is 14.1. The molecule has 2 N–H and O–H groups in total. The normalized spacial score (nSPS) is 28.3. The summed E-state index contributed by atoms with van der Waals surface area (Å²) in [6.07, 6.45) is 0.909. The molecule has 3 amide bonds. The van der Waals surface area contributed by atoms with E-state index < -0.39 is 6.04 Å². The summed E-state index contributed by atoms with van der Waals surface area (Å²) in [4.78, 5) is 40.9. The molecule has 3 fully saturated rings. The van der Waals surface area contributed by atoms with Gasteiger partial charge in [0.1, 0.15) is 6.04 Å². The number of hydrogen-bond donors (Lipinski definition) is 2. The average molecular weight is 398 g/mol. The monoisotopic (exact) mass is 398 g/mol. The molecule has 154 valence electrons. The number of morpholine rings is 1. The maximum absolute atomic E-state index is 13.2. The molecule has 0 bridgehead atoms. The first-order valence-electron chi connectivity index (χ1n) is 10.4. The highest BCUT2D eigenvalue weighted by Gasteiger charge is 2.40. The van der Waals surface area contributed by atoms with Gasteiger partial charge >= 0.3 is 0 Å². The smallest absolute Gasteiger partial charge is 0.255 e. The summed E-state index contributed by atoms with van der Waals surface area (Å²) < 4.78 is 5.95. The number of piperidine rings is 1. The third-order valence-electron chi connectivity index (χ3n) is 6.55. The lowest BCUT2D eigenvalue weighted by Crippen LogP contribution is -2.55. The fraction of sp³-hybridized carbons (Fsp3) is 0.571. The van der Waals surface area contributed by atoms with Crippen LogP contribution < -0.4 is 10.6 Å². The predicted molar refractivity (Wildman–Crippen MR) is 104 cm³/mol. The van der Waals surface area contributed by atoms with Gasteiger partial charge in [0, 0.05) is 57.2 Å². The van der Waals surface area contributed by atoms with Gasteiger partial charge in [0.05, 0.1) is 12.7 Å². The third kappa shape index (κ3) is 3.45. The molecule has 0 aliphatic carbocycles. The molecule has 29 heavy (non-hydrogen) atoms. The molecule has 1 aromatic rings. The number of fused-ring (bicyclic) bond motifs is 1. The van der Waals surface area contributed by atoms with Crippen LogP contribution in [0, 0.1) is 5.92 Å². The van der Waals surface area contributed by atoms with Gasteiger partial charge in [0.2, 0.25) is 11.8 Å². The Morgan fingerprint density at radius 1 is 1.17 bits per heavy atom.